The molecule has 1 rings (SSSR count). The normalized spacial score (nSPS) is 28.4. The Labute approximate surface area is 105 Å². The van der Waals surface area contributed by atoms with Crippen molar-refractivity contribution in [2.45, 2.75) is 59.0 Å². The van der Waals surface area contributed by atoms with E-state index in [0.717, 1.165) is 25.7 Å². The van der Waals surface area contributed by atoms with Gasteiger partial charge in [0.1, 0.15) is 6.10 Å². The lowest BCUT2D eigenvalue weighted by Crippen LogP contribution is -2.23. The fourth-order valence-corrected chi connectivity index (χ4v) is 1.97. The van der Waals surface area contributed by atoms with Gasteiger partial charge in [-0.05, 0) is 37.5 Å². The molecule has 1 heterocycles. The minimum absolute atomic E-state index is 0.0393. The van der Waals surface area contributed by atoms with Crippen LogP contribution in [0.1, 0.15) is 52.9 Å². The van der Waals surface area contributed by atoms with Crippen molar-refractivity contribution in [3.8, 4) is 0 Å². The Morgan fingerprint density at radius 2 is 2.00 bits per heavy atom. The zero-order valence-corrected chi connectivity index (χ0v) is 11.3. The number of rotatable bonds is 1. The molecule has 0 amide bonds. The van der Waals surface area contributed by atoms with Crippen LogP contribution in [0.4, 0.5) is 0 Å². The SMILES string of the molecule is CC1[CH]CCCC(=O)OC(C(C)C)CC=CC1. The summed E-state index contributed by atoms with van der Waals surface area (Å²) < 4.78 is 5.51. The first-order valence-corrected chi connectivity index (χ1v) is 6.77. The number of ether oxygens (including phenoxy) is 1. The van der Waals surface area contributed by atoms with Crippen molar-refractivity contribution < 1.29 is 9.53 Å². The predicted molar refractivity (Wildman–Crippen MR) is 70.4 cm³/mol. The molecule has 97 valence electrons. The van der Waals surface area contributed by atoms with Gasteiger partial charge < -0.3 is 4.74 Å². The van der Waals surface area contributed by atoms with Crippen molar-refractivity contribution in [3.63, 3.8) is 0 Å². The fourth-order valence-electron chi connectivity index (χ4n) is 1.97. The van der Waals surface area contributed by atoms with Crippen LogP contribution in [0.25, 0.3) is 0 Å². The van der Waals surface area contributed by atoms with Crippen LogP contribution in [0, 0.1) is 18.3 Å². The molecule has 1 aliphatic rings. The topological polar surface area (TPSA) is 26.3 Å². The van der Waals surface area contributed by atoms with Gasteiger partial charge in [-0.1, -0.05) is 32.9 Å². The lowest BCUT2D eigenvalue weighted by Gasteiger charge is -2.20. The van der Waals surface area contributed by atoms with E-state index < -0.39 is 0 Å². The molecule has 0 aromatic heterocycles. The predicted octanol–water partition coefficient (Wildman–Crippen LogP) is 3.91. The Morgan fingerprint density at radius 1 is 1.29 bits per heavy atom. The van der Waals surface area contributed by atoms with Crippen LogP contribution in [0.2, 0.25) is 0 Å². The number of cyclic esters (lactones) is 1. The molecule has 1 aliphatic heterocycles. The number of carbonyl (C=O) groups excluding carboxylic acids is 1. The zero-order chi connectivity index (χ0) is 12.7. The van der Waals surface area contributed by atoms with Gasteiger partial charge in [0, 0.05) is 12.8 Å². The summed E-state index contributed by atoms with van der Waals surface area (Å²) in [5.41, 5.74) is 0. The van der Waals surface area contributed by atoms with Crippen LogP contribution in [-0.4, -0.2) is 12.1 Å². The molecule has 2 unspecified atom stereocenters. The van der Waals surface area contributed by atoms with Gasteiger partial charge in [0.2, 0.25) is 0 Å². The second kappa shape index (κ2) is 7.52. The Balaban J connectivity index is 2.57. The molecule has 0 bridgehead atoms. The second-order valence-corrected chi connectivity index (χ2v) is 5.32. The third kappa shape index (κ3) is 5.90. The summed E-state index contributed by atoms with van der Waals surface area (Å²) in [6.45, 7) is 6.44. The van der Waals surface area contributed by atoms with E-state index in [4.69, 9.17) is 4.74 Å². The van der Waals surface area contributed by atoms with Gasteiger partial charge in [0.05, 0.1) is 0 Å². The van der Waals surface area contributed by atoms with E-state index in [1.807, 2.05) is 0 Å². The van der Waals surface area contributed by atoms with Crippen LogP contribution >= 0.6 is 0 Å². The van der Waals surface area contributed by atoms with Crippen molar-refractivity contribution >= 4 is 5.97 Å². The summed E-state index contributed by atoms with van der Waals surface area (Å²) in [4.78, 5) is 11.6. The average molecular weight is 237 g/mol. The molecule has 0 aromatic rings. The average Bonchev–Trinajstić information content (AvgIpc) is 2.26. The van der Waals surface area contributed by atoms with Crippen LogP contribution in [0.15, 0.2) is 12.2 Å². The Morgan fingerprint density at radius 3 is 2.71 bits per heavy atom. The maximum Gasteiger partial charge on any atom is 0.306 e. The lowest BCUT2D eigenvalue weighted by atomic mass is 9.98. The number of hydrogen-bond acceptors (Lipinski definition) is 2. The molecular weight excluding hydrogens is 212 g/mol. The van der Waals surface area contributed by atoms with E-state index in [2.05, 4.69) is 39.3 Å². The van der Waals surface area contributed by atoms with Gasteiger partial charge in [-0.2, -0.15) is 0 Å². The minimum atomic E-state index is -0.0428. The quantitative estimate of drug-likeness (QED) is 0.510. The molecule has 0 N–H and O–H groups in total. The highest BCUT2D eigenvalue weighted by molar-refractivity contribution is 5.69. The summed E-state index contributed by atoms with van der Waals surface area (Å²) in [5.74, 6) is 0.952. The van der Waals surface area contributed by atoms with Gasteiger partial charge in [0.25, 0.3) is 0 Å². The van der Waals surface area contributed by atoms with Crippen LogP contribution in [-0.2, 0) is 9.53 Å². The van der Waals surface area contributed by atoms with Crippen molar-refractivity contribution in [1.82, 2.24) is 0 Å². The van der Waals surface area contributed by atoms with E-state index in [0.29, 0.717) is 18.3 Å². The number of carbonyl (C=O) groups is 1. The summed E-state index contributed by atoms with van der Waals surface area (Å²) in [6.07, 6.45) is 11.1. The standard InChI is InChI=1S/C15H25O2/c1-12(2)14-10-6-4-8-13(3)9-5-7-11-15(16)17-14/h4,6,9,12-14H,5,7-8,10-11H2,1-3H3. The number of esters is 1. The number of allylic oxidation sites excluding steroid dienone is 1. The molecule has 0 saturated heterocycles. The van der Waals surface area contributed by atoms with E-state index in [-0.39, 0.29) is 12.1 Å². The third-order valence-corrected chi connectivity index (χ3v) is 3.22. The first kappa shape index (κ1) is 14.3. The van der Waals surface area contributed by atoms with Gasteiger partial charge >= 0.3 is 5.97 Å². The summed E-state index contributed by atoms with van der Waals surface area (Å²) in [5, 5.41) is 0. The van der Waals surface area contributed by atoms with E-state index >= 15 is 0 Å². The van der Waals surface area contributed by atoms with E-state index in [1.165, 1.54) is 0 Å². The molecule has 0 aliphatic carbocycles. The molecule has 0 aromatic carbocycles. The summed E-state index contributed by atoms with van der Waals surface area (Å²) in [6, 6.07) is 0. The monoisotopic (exact) mass is 237 g/mol. The van der Waals surface area contributed by atoms with Crippen LogP contribution in [0.3, 0.4) is 0 Å². The van der Waals surface area contributed by atoms with Gasteiger partial charge in [-0.3, -0.25) is 4.79 Å². The number of hydrogen-bond donors (Lipinski definition) is 0. The minimum Gasteiger partial charge on any atom is -0.462 e. The Kier molecular flexibility index (Phi) is 6.31. The molecule has 0 saturated carbocycles. The van der Waals surface area contributed by atoms with Crippen molar-refractivity contribution in [2.24, 2.45) is 11.8 Å². The smallest absolute Gasteiger partial charge is 0.306 e. The van der Waals surface area contributed by atoms with E-state index in [9.17, 15) is 4.79 Å². The third-order valence-electron chi connectivity index (χ3n) is 3.22. The molecule has 2 heteroatoms. The zero-order valence-electron chi connectivity index (χ0n) is 11.3. The van der Waals surface area contributed by atoms with Crippen molar-refractivity contribution in [1.29, 1.82) is 0 Å². The van der Waals surface area contributed by atoms with Gasteiger partial charge in [-0.15, -0.1) is 0 Å². The highest BCUT2D eigenvalue weighted by atomic mass is 16.5. The second-order valence-electron chi connectivity index (χ2n) is 5.32. The Bertz CT molecular complexity index is 256. The maximum absolute atomic E-state index is 11.6. The fraction of sp³-hybridized carbons (Fsp3) is 0.733. The van der Waals surface area contributed by atoms with Crippen molar-refractivity contribution in [3.05, 3.63) is 18.6 Å². The van der Waals surface area contributed by atoms with Gasteiger partial charge in [0.15, 0.2) is 0 Å². The first-order chi connectivity index (χ1) is 8.09. The van der Waals surface area contributed by atoms with Crippen LogP contribution < -0.4 is 0 Å². The molecule has 0 fully saturated rings. The van der Waals surface area contributed by atoms with Crippen molar-refractivity contribution in [2.75, 3.05) is 0 Å². The summed E-state index contributed by atoms with van der Waals surface area (Å²) >= 11 is 0. The first-order valence-electron chi connectivity index (χ1n) is 6.77. The molecule has 2 atom stereocenters. The van der Waals surface area contributed by atoms with Crippen LogP contribution in [0.5, 0.6) is 0 Å². The Hall–Kier alpha value is -0.790. The molecule has 0 spiro atoms. The lowest BCUT2D eigenvalue weighted by molar-refractivity contribution is -0.151. The van der Waals surface area contributed by atoms with E-state index in [1.54, 1.807) is 0 Å². The molecular formula is C15H25O2. The largest absolute Gasteiger partial charge is 0.462 e. The maximum atomic E-state index is 11.6. The molecule has 1 radical (unpaired) electrons. The van der Waals surface area contributed by atoms with Gasteiger partial charge in [-0.25, -0.2) is 0 Å². The summed E-state index contributed by atoms with van der Waals surface area (Å²) in [7, 11) is 0. The highest BCUT2D eigenvalue weighted by Crippen LogP contribution is 2.18. The highest BCUT2D eigenvalue weighted by Gasteiger charge is 2.17. The molecule has 17 heavy (non-hydrogen) atoms. The molecule has 2 nitrogen and oxygen atoms in total.